The smallest absolute Gasteiger partial charge is 0.254 e. The molecule has 20 heavy (non-hydrogen) atoms. The van der Waals surface area contributed by atoms with Crippen LogP contribution in [0.25, 0.3) is 0 Å². The summed E-state index contributed by atoms with van der Waals surface area (Å²) in [5, 5.41) is 0. The van der Waals surface area contributed by atoms with E-state index >= 15 is 0 Å². The Hall–Kier alpha value is -1.69. The van der Waals surface area contributed by atoms with Crippen molar-refractivity contribution in [1.29, 1.82) is 0 Å². The summed E-state index contributed by atoms with van der Waals surface area (Å²) in [4.78, 5) is 26.6. The first kappa shape index (κ1) is 14.7. The summed E-state index contributed by atoms with van der Waals surface area (Å²) in [6, 6.07) is 3.06. The molecule has 0 N–H and O–H groups in total. The van der Waals surface area contributed by atoms with Crippen LogP contribution in [0.3, 0.4) is 0 Å². The van der Waals surface area contributed by atoms with Crippen LogP contribution in [-0.4, -0.2) is 53.7 Å². The van der Waals surface area contributed by atoms with E-state index in [2.05, 4.69) is 0 Å². The molecule has 1 saturated heterocycles. The maximum Gasteiger partial charge on any atom is 0.254 e. The Morgan fingerprint density at radius 1 is 1.05 bits per heavy atom. The third-order valence-electron chi connectivity index (χ3n) is 3.20. The fourth-order valence-corrected chi connectivity index (χ4v) is 2.22. The Kier molecular flexibility index (Phi) is 4.54. The van der Waals surface area contributed by atoms with Gasteiger partial charge in [-0.1, -0.05) is 0 Å². The van der Waals surface area contributed by atoms with Gasteiger partial charge in [0.2, 0.25) is 5.91 Å². The van der Waals surface area contributed by atoms with Crippen LogP contribution >= 0.6 is 11.6 Å². The van der Waals surface area contributed by atoms with E-state index in [0.717, 1.165) is 12.1 Å². The van der Waals surface area contributed by atoms with Crippen LogP contribution in [-0.2, 0) is 4.79 Å². The molecule has 7 heteroatoms. The van der Waals surface area contributed by atoms with Crippen molar-refractivity contribution in [2.75, 3.05) is 32.1 Å². The molecule has 0 bridgehead atoms. The lowest BCUT2D eigenvalue weighted by Crippen LogP contribution is -2.51. The van der Waals surface area contributed by atoms with Gasteiger partial charge in [-0.2, -0.15) is 0 Å². The van der Waals surface area contributed by atoms with Crippen molar-refractivity contribution in [3.63, 3.8) is 0 Å². The standard InChI is InChI=1S/C13H13ClF2N2O2/c14-8-12(19)17-3-5-18(6-4-17)13(20)9-1-2-10(15)11(16)7-9/h1-2,7H,3-6,8H2. The molecule has 1 heterocycles. The van der Waals surface area contributed by atoms with E-state index in [1.54, 1.807) is 4.90 Å². The first-order valence-corrected chi connectivity index (χ1v) is 6.64. The van der Waals surface area contributed by atoms with Gasteiger partial charge in [0.1, 0.15) is 5.88 Å². The van der Waals surface area contributed by atoms with Crippen molar-refractivity contribution < 1.29 is 18.4 Å². The SMILES string of the molecule is O=C(CCl)N1CCN(C(=O)c2ccc(F)c(F)c2)CC1. The molecule has 2 rings (SSSR count). The zero-order valence-corrected chi connectivity index (χ0v) is 11.4. The van der Waals surface area contributed by atoms with Crippen LogP contribution in [0.15, 0.2) is 18.2 Å². The molecule has 0 aromatic heterocycles. The van der Waals surface area contributed by atoms with Crippen LogP contribution in [0.1, 0.15) is 10.4 Å². The van der Waals surface area contributed by atoms with Crippen molar-refractivity contribution >= 4 is 23.4 Å². The van der Waals surface area contributed by atoms with Gasteiger partial charge in [0, 0.05) is 31.7 Å². The van der Waals surface area contributed by atoms with Crippen molar-refractivity contribution in [2.45, 2.75) is 0 Å². The molecular formula is C13H13ClF2N2O2. The summed E-state index contributed by atoms with van der Waals surface area (Å²) < 4.78 is 25.9. The first-order valence-electron chi connectivity index (χ1n) is 6.11. The zero-order chi connectivity index (χ0) is 14.7. The molecule has 1 aromatic carbocycles. The molecule has 0 aliphatic carbocycles. The second-order valence-electron chi connectivity index (χ2n) is 4.44. The molecule has 1 aliphatic rings. The Morgan fingerprint density at radius 2 is 1.65 bits per heavy atom. The maximum absolute atomic E-state index is 13.1. The zero-order valence-electron chi connectivity index (χ0n) is 10.6. The van der Waals surface area contributed by atoms with Gasteiger partial charge in [-0.25, -0.2) is 8.78 Å². The third kappa shape index (κ3) is 3.07. The number of carbonyl (C=O) groups is 2. The molecule has 1 aliphatic heterocycles. The average molecular weight is 303 g/mol. The number of rotatable bonds is 2. The largest absolute Gasteiger partial charge is 0.338 e. The number of hydrogen-bond acceptors (Lipinski definition) is 2. The van der Waals surface area contributed by atoms with Gasteiger partial charge < -0.3 is 9.80 Å². The summed E-state index contributed by atoms with van der Waals surface area (Å²) in [7, 11) is 0. The molecule has 0 saturated carbocycles. The van der Waals surface area contributed by atoms with Gasteiger partial charge in [0.15, 0.2) is 11.6 Å². The van der Waals surface area contributed by atoms with Gasteiger partial charge >= 0.3 is 0 Å². The normalized spacial score (nSPS) is 15.3. The highest BCUT2D eigenvalue weighted by Gasteiger charge is 2.24. The minimum atomic E-state index is -1.05. The first-order chi connectivity index (χ1) is 9.52. The minimum Gasteiger partial charge on any atom is -0.338 e. The minimum absolute atomic E-state index is 0.0862. The molecule has 1 fully saturated rings. The number of benzene rings is 1. The van der Waals surface area contributed by atoms with Gasteiger partial charge in [-0.3, -0.25) is 9.59 Å². The summed E-state index contributed by atoms with van der Waals surface area (Å²) in [5.41, 5.74) is 0.0982. The van der Waals surface area contributed by atoms with E-state index in [1.165, 1.54) is 11.0 Å². The highest BCUT2D eigenvalue weighted by Crippen LogP contribution is 2.13. The number of piperazine rings is 1. The summed E-state index contributed by atoms with van der Waals surface area (Å²) in [5.74, 6) is -2.67. The van der Waals surface area contributed by atoms with Crippen molar-refractivity contribution in [3.8, 4) is 0 Å². The Morgan fingerprint density at radius 3 is 2.20 bits per heavy atom. The lowest BCUT2D eigenvalue weighted by Gasteiger charge is -2.34. The second-order valence-corrected chi connectivity index (χ2v) is 4.70. The Labute approximate surface area is 119 Å². The fraction of sp³-hybridized carbons (Fsp3) is 0.385. The third-order valence-corrected chi connectivity index (χ3v) is 3.43. The molecule has 2 amide bonds. The van der Waals surface area contributed by atoms with Crippen LogP contribution in [0.2, 0.25) is 0 Å². The van der Waals surface area contributed by atoms with Crippen LogP contribution < -0.4 is 0 Å². The van der Waals surface area contributed by atoms with Gasteiger partial charge in [0.05, 0.1) is 0 Å². The summed E-state index contributed by atoms with van der Waals surface area (Å²) in [6.45, 7) is 1.48. The number of amides is 2. The molecule has 0 atom stereocenters. The van der Waals surface area contributed by atoms with E-state index in [4.69, 9.17) is 11.6 Å². The van der Waals surface area contributed by atoms with Crippen molar-refractivity contribution in [2.24, 2.45) is 0 Å². The molecule has 108 valence electrons. The number of carbonyl (C=O) groups excluding carboxylic acids is 2. The van der Waals surface area contributed by atoms with E-state index in [1.807, 2.05) is 0 Å². The number of halogens is 3. The van der Waals surface area contributed by atoms with Crippen LogP contribution in [0.4, 0.5) is 8.78 Å². The van der Waals surface area contributed by atoms with Crippen LogP contribution in [0.5, 0.6) is 0 Å². The van der Waals surface area contributed by atoms with E-state index in [0.29, 0.717) is 26.2 Å². The number of hydrogen-bond donors (Lipinski definition) is 0. The summed E-state index contributed by atoms with van der Waals surface area (Å²) in [6.07, 6.45) is 0. The lowest BCUT2D eigenvalue weighted by molar-refractivity contribution is -0.129. The lowest BCUT2D eigenvalue weighted by atomic mass is 10.1. The predicted octanol–water partition coefficient (Wildman–Crippen LogP) is 1.49. The predicted molar refractivity (Wildman–Crippen MR) is 69.6 cm³/mol. The molecule has 1 aromatic rings. The quantitative estimate of drug-likeness (QED) is 0.777. The van der Waals surface area contributed by atoms with Crippen molar-refractivity contribution in [1.82, 2.24) is 9.80 Å². The van der Waals surface area contributed by atoms with Gasteiger partial charge in [-0.15, -0.1) is 11.6 Å². The Bertz CT molecular complexity index is 531. The monoisotopic (exact) mass is 302 g/mol. The molecule has 0 unspecified atom stereocenters. The fourth-order valence-electron chi connectivity index (χ4n) is 2.06. The molecular weight excluding hydrogens is 290 g/mol. The maximum atomic E-state index is 13.1. The molecule has 4 nitrogen and oxygen atoms in total. The molecule has 0 spiro atoms. The van der Waals surface area contributed by atoms with Crippen LogP contribution in [0, 0.1) is 11.6 Å². The van der Waals surface area contributed by atoms with Gasteiger partial charge in [-0.05, 0) is 18.2 Å². The highest BCUT2D eigenvalue weighted by atomic mass is 35.5. The average Bonchev–Trinajstić information content (AvgIpc) is 2.48. The number of alkyl halides is 1. The highest BCUT2D eigenvalue weighted by molar-refractivity contribution is 6.27. The van der Waals surface area contributed by atoms with E-state index in [9.17, 15) is 18.4 Å². The Balaban J connectivity index is 2.01. The second kappa shape index (κ2) is 6.17. The number of nitrogens with zero attached hydrogens (tertiary/aromatic N) is 2. The van der Waals surface area contributed by atoms with Gasteiger partial charge in [0.25, 0.3) is 5.91 Å². The van der Waals surface area contributed by atoms with E-state index in [-0.39, 0.29) is 23.3 Å². The van der Waals surface area contributed by atoms with E-state index < -0.39 is 11.6 Å². The summed E-state index contributed by atoms with van der Waals surface area (Å²) >= 11 is 5.46. The molecule has 0 radical (unpaired) electrons. The van der Waals surface area contributed by atoms with Crippen molar-refractivity contribution in [3.05, 3.63) is 35.4 Å². The topological polar surface area (TPSA) is 40.6 Å².